The Kier molecular flexibility index (Phi) is 4.49. The fraction of sp³-hybridized carbons (Fsp3) is 0.0500. The molecule has 26 heavy (non-hydrogen) atoms. The average molecular weight is 383 g/mol. The van der Waals surface area contributed by atoms with Gasteiger partial charge in [-0.15, -0.1) is 0 Å². The average Bonchev–Trinajstić information content (AvgIpc) is 3.23. The molecule has 2 aromatic carbocycles. The lowest BCUT2D eigenvalue weighted by Gasteiger charge is -2.08. The molecule has 2 heterocycles. The van der Waals surface area contributed by atoms with Gasteiger partial charge in [-0.25, -0.2) is 0 Å². The first-order valence-electron chi connectivity index (χ1n) is 8.00. The molecule has 0 aliphatic rings. The van der Waals surface area contributed by atoms with Gasteiger partial charge in [-0.3, -0.25) is 4.79 Å². The summed E-state index contributed by atoms with van der Waals surface area (Å²) in [5, 5.41) is 1.50. The number of nitrogens with zero attached hydrogens (tertiary/aromatic N) is 1. The van der Waals surface area contributed by atoms with Crippen LogP contribution in [0.25, 0.3) is 10.9 Å². The smallest absolute Gasteiger partial charge is 0.266 e. The third kappa shape index (κ3) is 3.11. The third-order valence-electron chi connectivity index (χ3n) is 4.07. The normalized spacial score (nSPS) is 11.1. The molecule has 2 N–H and O–H groups in total. The number of halogens is 1. The van der Waals surface area contributed by atoms with E-state index in [0.717, 1.165) is 26.5 Å². The molecule has 0 saturated carbocycles. The van der Waals surface area contributed by atoms with Gasteiger partial charge in [0.05, 0.1) is 23.2 Å². The summed E-state index contributed by atoms with van der Waals surface area (Å²) in [5.74, 6) is 0.262. The highest BCUT2D eigenvalue weighted by Crippen LogP contribution is 2.39. The summed E-state index contributed by atoms with van der Waals surface area (Å²) in [6.45, 7) is 0.415. The van der Waals surface area contributed by atoms with Crippen LogP contribution in [0.1, 0.15) is 16.2 Å². The maximum Gasteiger partial charge on any atom is 0.266 e. The standard InChI is InChI=1S/C20H15ClN2O2S/c21-13-8-9-17-16(11-13)19(26-15-6-2-1-3-7-15)18(20(22)24)23(17)12-14-5-4-10-25-14/h1-11H,12H2,(H2,22,24). The Labute approximate surface area is 159 Å². The molecule has 0 spiro atoms. The number of hydrogen-bond donors (Lipinski definition) is 1. The van der Waals surface area contributed by atoms with Crippen molar-refractivity contribution >= 4 is 40.2 Å². The maximum atomic E-state index is 12.3. The SMILES string of the molecule is NC(=O)c1c(Sc2ccccc2)c2cc(Cl)ccc2n1Cc1ccco1. The largest absolute Gasteiger partial charge is 0.467 e. The number of aromatic nitrogens is 1. The molecule has 4 rings (SSSR count). The molecule has 0 bridgehead atoms. The second kappa shape index (κ2) is 6.94. The van der Waals surface area contributed by atoms with Gasteiger partial charge in [0, 0.05) is 15.3 Å². The zero-order valence-corrected chi connectivity index (χ0v) is 15.3. The first-order valence-corrected chi connectivity index (χ1v) is 9.20. The molecule has 0 unspecified atom stereocenters. The summed E-state index contributed by atoms with van der Waals surface area (Å²) < 4.78 is 7.35. The molecule has 0 aliphatic heterocycles. The zero-order valence-electron chi connectivity index (χ0n) is 13.7. The van der Waals surface area contributed by atoms with E-state index in [0.29, 0.717) is 17.3 Å². The molecule has 130 valence electrons. The first-order chi connectivity index (χ1) is 12.6. The predicted octanol–water partition coefficient (Wildman–Crippen LogP) is 5.19. The Bertz CT molecular complexity index is 1070. The number of rotatable bonds is 5. The van der Waals surface area contributed by atoms with Crippen molar-refractivity contribution in [3.63, 3.8) is 0 Å². The monoisotopic (exact) mass is 382 g/mol. The summed E-state index contributed by atoms with van der Waals surface area (Å²) >= 11 is 7.73. The number of carbonyl (C=O) groups is 1. The number of carbonyl (C=O) groups excluding carboxylic acids is 1. The quantitative estimate of drug-likeness (QED) is 0.517. The topological polar surface area (TPSA) is 61.2 Å². The van der Waals surface area contributed by atoms with Crippen LogP contribution in [0.5, 0.6) is 0 Å². The molecule has 6 heteroatoms. The van der Waals surface area contributed by atoms with Gasteiger partial charge in [0.25, 0.3) is 5.91 Å². The van der Waals surface area contributed by atoms with E-state index in [2.05, 4.69) is 0 Å². The lowest BCUT2D eigenvalue weighted by atomic mass is 10.2. The Morgan fingerprint density at radius 1 is 1.12 bits per heavy atom. The molecule has 4 aromatic rings. The molecular weight excluding hydrogens is 368 g/mol. The minimum Gasteiger partial charge on any atom is -0.467 e. The van der Waals surface area contributed by atoms with Crippen molar-refractivity contribution < 1.29 is 9.21 Å². The minimum absolute atomic E-state index is 0.415. The van der Waals surface area contributed by atoms with Gasteiger partial charge in [0.1, 0.15) is 11.5 Å². The maximum absolute atomic E-state index is 12.3. The van der Waals surface area contributed by atoms with Gasteiger partial charge in [-0.1, -0.05) is 41.6 Å². The lowest BCUT2D eigenvalue weighted by Crippen LogP contribution is -2.18. The molecule has 0 atom stereocenters. The highest BCUT2D eigenvalue weighted by molar-refractivity contribution is 7.99. The van der Waals surface area contributed by atoms with E-state index in [-0.39, 0.29) is 0 Å². The minimum atomic E-state index is -0.484. The van der Waals surface area contributed by atoms with Gasteiger partial charge >= 0.3 is 0 Å². The third-order valence-corrected chi connectivity index (χ3v) is 5.43. The summed E-state index contributed by atoms with van der Waals surface area (Å²) in [6, 6.07) is 19.1. The van der Waals surface area contributed by atoms with Crippen LogP contribution in [0.4, 0.5) is 0 Å². The Hall–Kier alpha value is -2.63. The van der Waals surface area contributed by atoms with Crippen LogP contribution in [0, 0.1) is 0 Å². The molecule has 2 aromatic heterocycles. The number of hydrogen-bond acceptors (Lipinski definition) is 3. The highest BCUT2D eigenvalue weighted by atomic mass is 35.5. The molecule has 0 radical (unpaired) electrons. The van der Waals surface area contributed by atoms with E-state index < -0.39 is 5.91 Å². The summed E-state index contributed by atoms with van der Waals surface area (Å²) in [4.78, 5) is 14.2. The van der Waals surface area contributed by atoms with Crippen molar-refractivity contribution in [2.45, 2.75) is 16.3 Å². The number of benzene rings is 2. The number of primary amides is 1. The van der Waals surface area contributed by atoms with E-state index in [4.69, 9.17) is 21.8 Å². The predicted molar refractivity (Wildman–Crippen MR) is 104 cm³/mol. The van der Waals surface area contributed by atoms with Crippen LogP contribution in [0.3, 0.4) is 0 Å². The lowest BCUT2D eigenvalue weighted by molar-refractivity contribution is 0.0989. The van der Waals surface area contributed by atoms with E-state index in [1.54, 1.807) is 6.26 Å². The molecule has 4 nitrogen and oxygen atoms in total. The second-order valence-electron chi connectivity index (χ2n) is 5.78. The van der Waals surface area contributed by atoms with Crippen LogP contribution >= 0.6 is 23.4 Å². The highest BCUT2D eigenvalue weighted by Gasteiger charge is 2.23. The van der Waals surface area contributed by atoms with Crippen molar-refractivity contribution in [2.24, 2.45) is 5.73 Å². The number of fused-ring (bicyclic) bond motifs is 1. The van der Waals surface area contributed by atoms with E-state index >= 15 is 0 Å². The number of furan rings is 1. The number of amides is 1. The van der Waals surface area contributed by atoms with Gasteiger partial charge < -0.3 is 14.7 Å². The van der Waals surface area contributed by atoms with Crippen molar-refractivity contribution in [2.75, 3.05) is 0 Å². The zero-order chi connectivity index (χ0) is 18.1. The van der Waals surface area contributed by atoms with Crippen molar-refractivity contribution in [3.05, 3.63) is 83.4 Å². The van der Waals surface area contributed by atoms with Gasteiger partial charge in [-0.2, -0.15) is 0 Å². The van der Waals surface area contributed by atoms with E-state index in [9.17, 15) is 4.79 Å². The second-order valence-corrected chi connectivity index (χ2v) is 7.30. The van der Waals surface area contributed by atoms with Crippen LogP contribution in [-0.4, -0.2) is 10.5 Å². The summed E-state index contributed by atoms with van der Waals surface area (Å²) in [5.41, 5.74) is 7.10. The van der Waals surface area contributed by atoms with E-state index in [1.807, 2.05) is 65.2 Å². The van der Waals surface area contributed by atoms with Crippen LogP contribution in [0.2, 0.25) is 5.02 Å². The Morgan fingerprint density at radius 2 is 1.92 bits per heavy atom. The van der Waals surface area contributed by atoms with Crippen molar-refractivity contribution in [3.8, 4) is 0 Å². The fourth-order valence-corrected chi connectivity index (χ4v) is 4.26. The van der Waals surface area contributed by atoms with Crippen LogP contribution in [-0.2, 0) is 6.54 Å². The van der Waals surface area contributed by atoms with Gasteiger partial charge in [0.15, 0.2) is 0 Å². The van der Waals surface area contributed by atoms with Crippen LogP contribution < -0.4 is 5.73 Å². The molecule has 1 amide bonds. The molecule has 0 fully saturated rings. The fourth-order valence-electron chi connectivity index (χ4n) is 2.97. The summed E-state index contributed by atoms with van der Waals surface area (Å²) in [6.07, 6.45) is 1.61. The molecule has 0 aliphatic carbocycles. The van der Waals surface area contributed by atoms with Crippen molar-refractivity contribution in [1.29, 1.82) is 0 Å². The van der Waals surface area contributed by atoms with Crippen LogP contribution in [0.15, 0.2) is 81.1 Å². The Morgan fingerprint density at radius 3 is 2.62 bits per heavy atom. The van der Waals surface area contributed by atoms with Gasteiger partial charge in [0.2, 0.25) is 0 Å². The van der Waals surface area contributed by atoms with E-state index in [1.165, 1.54) is 11.8 Å². The molecule has 0 saturated heterocycles. The van der Waals surface area contributed by atoms with Gasteiger partial charge in [-0.05, 0) is 42.5 Å². The molecular formula is C20H15ClN2O2S. The number of nitrogens with two attached hydrogens (primary N) is 1. The first kappa shape index (κ1) is 16.8. The van der Waals surface area contributed by atoms with Crippen molar-refractivity contribution in [1.82, 2.24) is 4.57 Å². The summed E-state index contributed by atoms with van der Waals surface area (Å²) in [7, 11) is 0. The Balaban J connectivity index is 1.94.